The lowest BCUT2D eigenvalue weighted by Crippen LogP contribution is -2.32. The van der Waals surface area contributed by atoms with Crippen LogP contribution in [0, 0.1) is 0 Å². The molecule has 142 valence electrons. The maximum Gasteiger partial charge on any atom is 0.413 e. The highest BCUT2D eigenvalue weighted by atomic mass is 32.1. The quantitative estimate of drug-likeness (QED) is 0.664. The average molecular weight is 392 g/mol. The van der Waals surface area contributed by atoms with E-state index >= 15 is 0 Å². The fourth-order valence-electron chi connectivity index (χ4n) is 4.03. The van der Waals surface area contributed by atoms with Crippen molar-refractivity contribution in [3.8, 4) is 11.1 Å². The lowest BCUT2D eigenvalue weighted by Gasteiger charge is -2.35. The third-order valence-electron chi connectivity index (χ3n) is 5.70. The van der Waals surface area contributed by atoms with Gasteiger partial charge in [-0.1, -0.05) is 59.9 Å². The van der Waals surface area contributed by atoms with Crippen molar-refractivity contribution in [2.75, 3.05) is 11.9 Å². The van der Waals surface area contributed by atoms with Gasteiger partial charge in [0.15, 0.2) is 5.13 Å². The number of rotatable bonds is 4. The molecule has 1 amide bonds. The molecule has 6 heteroatoms. The Bertz CT molecular complexity index is 996. The van der Waals surface area contributed by atoms with Crippen molar-refractivity contribution in [2.24, 2.45) is 0 Å². The minimum atomic E-state index is -0.765. The van der Waals surface area contributed by atoms with Gasteiger partial charge < -0.3 is 9.84 Å². The van der Waals surface area contributed by atoms with Crippen molar-refractivity contribution >= 4 is 22.6 Å². The Kier molecular flexibility index (Phi) is 4.18. The first-order chi connectivity index (χ1) is 13.6. The van der Waals surface area contributed by atoms with Crippen LogP contribution in [0.25, 0.3) is 11.1 Å². The van der Waals surface area contributed by atoms with E-state index in [1.165, 1.54) is 33.6 Å². The zero-order valence-electron chi connectivity index (χ0n) is 15.2. The molecule has 28 heavy (non-hydrogen) atoms. The average Bonchev–Trinajstić information content (AvgIpc) is 3.27. The van der Waals surface area contributed by atoms with Gasteiger partial charge in [-0.3, -0.25) is 5.32 Å². The number of hydrogen-bond donors (Lipinski definition) is 2. The monoisotopic (exact) mass is 392 g/mol. The Morgan fingerprint density at radius 2 is 1.79 bits per heavy atom. The van der Waals surface area contributed by atoms with Crippen molar-refractivity contribution in [2.45, 2.75) is 30.8 Å². The molecule has 1 aromatic heterocycles. The molecule has 2 aliphatic carbocycles. The predicted molar refractivity (Wildman–Crippen MR) is 109 cm³/mol. The molecule has 2 aliphatic rings. The molecule has 0 radical (unpaired) electrons. The molecule has 1 fully saturated rings. The first-order valence-corrected chi connectivity index (χ1v) is 10.3. The molecule has 0 spiro atoms. The minimum Gasteiger partial charge on any atom is -0.448 e. The van der Waals surface area contributed by atoms with E-state index in [1.54, 1.807) is 6.20 Å². The van der Waals surface area contributed by atoms with Gasteiger partial charge in [0.2, 0.25) is 0 Å². The summed E-state index contributed by atoms with van der Waals surface area (Å²) in [5, 5.41) is 13.5. The Morgan fingerprint density at radius 1 is 1.14 bits per heavy atom. The molecule has 5 rings (SSSR count). The number of ether oxygens (including phenoxy) is 1. The number of thiazole rings is 1. The van der Waals surface area contributed by atoms with Crippen molar-refractivity contribution in [1.29, 1.82) is 0 Å². The van der Waals surface area contributed by atoms with Gasteiger partial charge >= 0.3 is 6.09 Å². The summed E-state index contributed by atoms with van der Waals surface area (Å²) in [6, 6.07) is 16.5. The van der Waals surface area contributed by atoms with Crippen molar-refractivity contribution in [3.63, 3.8) is 0 Å². The van der Waals surface area contributed by atoms with E-state index in [2.05, 4.69) is 34.6 Å². The molecule has 0 aliphatic heterocycles. The summed E-state index contributed by atoms with van der Waals surface area (Å²) in [7, 11) is 0. The zero-order chi connectivity index (χ0) is 19.1. The summed E-state index contributed by atoms with van der Waals surface area (Å²) in [5.74, 6) is 0.0284. The van der Waals surface area contributed by atoms with Crippen LogP contribution in [0.1, 0.15) is 41.2 Å². The molecule has 1 saturated carbocycles. The van der Waals surface area contributed by atoms with Gasteiger partial charge in [0.25, 0.3) is 0 Å². The molecular formula is C22H20N2O3S. The predicted octanol–water partition coefficient (Wildman–Crippen LogP) is 4.88. The smallest absolute Gasteiger partial charge is 0.413 e. The minimum absolute atomic E-state index is 0.0284. The molecule has 0 bridgehead atoms. The van der Waals surface area contributed by atoms with Crippen LogP contribution in [0.4, 0.5) is 9.93 Å². The highest BCUT2D eigenvalue weighted by Crippen LogP contribution is 2.45. The lowest BCUT2D eigenvalue weighted by atomic mass is 9.79. The van der Waals surface area contributed by atoms with Gasteiger partial charge in [-0.2, -0.15) is 0 Å². The number of benzene rings is 2. The molecule has 3 aromatic rings. The van der Waals surface area contributed by atoms with E-state index in [0.717, 1.165) is 24.1 Å². The Hall–Kier alpha value is -2.70. The van der Waals surface area contributed by atoms with E-state index in [1.807, 2.05) is 24.3 Å². The van der Waals surface area contributed by atoms with Crippen LogP contribution in [0.5, 0.6) is 0 Å². The molecule has 1 heterocycles. The maximum atomic E-state index is 12.3. The van der Waals surface area contributed by atoms with Crippen molar-refractivity contribution in [1.82, 2.24) is 4.98 Å². The van der Waals surface area contributed by atoms with E-state index < -0.39 is 11.7 Å². The maximum absolute atomic E-state index is 12.3. The number of aliphatic hydroxyl groups is 1. The summed E-state index contributed by atoms with van der Waals surface area (Å²) >= 11 is 1.31. The number of nitrogens with zero attached hydrogens (tertiary/aromatic N) is 1. The largest absolute Gasteiger partial charge is 0.448 e. The first-order valence-electron chi connectivity index (χ1n) is 9.45. The van der Waals surface area contributed by atoms with Gasteiger partial charge in [-0.15, -0.1) is 0 Å². The van der Waals surface area contributed by atoms with E-state index in [4.69, 9.17) is 4.74 Å². The summed E-state index contributed by atoms with van der Waals surface area (Å²) < 4.78 is 5.53. The number of carbonyl (C=O) groups excluding carboxylic acids is 1. The van der Waals surface area contributed by atoms with Crippen molar-refractivity contribution in [3.05, 3.63) is 70.7 Å². The van der Waals surface area contributed by atoms with Gasteiger partial charge in [0, 0.05) is 12.1 Å². The summed E-state index contributed by atoms with van der Waals surface area (Å²) in [4.78, 5) is 17.3. The second-order valence-electron chi connectivity index (χ2n) is 7.37. The Balaban J connectivity index is 1.27. The third-order valence-corrected chi connectivity index (χ3v) is 6.80. The number of hydrogen-bond acceptors (Lipinski definition) is 5. The topological polar surface area (TPSA) is 71.5 Å². The number of anilines is 1. The zero-order valence-corrected chi connectivity index (χ0v) is 16.0. The number of carbonyl (C=O) groups is 1. The Labute approximate surface area is 167 Å². The van der Waals surface area contributed by atoms with Crippen molar-refractivity contribution < 1.29 is 14.6 Å². The fourth-order valence-corrected chi connectivity index (χ4v) is 4.97. The van der Waals surface area contributed by atoms with Crippen LogP contribution in [0.2, 0.25) is 0 Å². The standard InChI is InChI=1S/C22H20N2O3S/c25-21(24-20-23-12-19(28-20)22(26)10-5-11-22)27-13-18-16-8-3-1-6-14(16)15-7-2-4-9-17(15)18/h1-4,6-9,12,18,26H,5,10-11,13H2,(H,23,24,25). The fraction of sp³-hybridized carbons (Fsp3) is 0.273. The normalized spacial score (nSPS) is 16.8. The van der Waals surface area contributed by atoms with E-state index in [0.29, 0.717) is 5.13 Å². The van der Waals surface area contributed by atoms with Crippen LogP contribution in [0.15, 0.2) is 54.7 Å². The molecule has 2 aromatic carbocycles. The molecule has 5 nitrogen and oxygen atoms in total. The number of aromatic nitrogens is 1. The molecular weight excluding hydrogens is 372 g/mol. The number of nitrogens with one attached hydrogen (secondary N) is 1. The molecule has 0 unspecified atom stereocenters. The Morgan fingerprint density at radius 3 is 2.39 bits per heavy atom. The van der Waals surface area contributed by atoms with Crippen LogP contribution in [-0.2, 0) is 10.3 Å². The SMILES string of the molecule is O=C(Nc1ncc(C2(O)CCC2)s1)OCC1c2ccccc2-c2ccccc21. The molecule has 2 N–H and O–H groups in total. The van der Waals surface area contributed by atoms with Gasteiger partial charge in [0.1, 0.15) is 12.2 Å². The van der Waals surface area contributed by atoms with E-state index in [9.17, 15) is 9.90 Å². The second-order valence-corrected chi connectivity index (χ2v) is 8.40. The van der Waals surface area contributed by atoms with Crippen LogP contribution < -0.4 is 5.32 Å². The van der Waals surface area contributed by atoms with Gasteiger partial charge in [-0.05, 0) is 41.5 Å². The third kappa shape index (κ3) is 2.89. The van der Waals surface area contributed by atoms with Crippen LogP contribution in [-0.4, -0.2) is 22.8 Å². The summed E-state index contributed by atoms with van der Waals surface area (Å²) in [6.07, 6.45) is 3.63. The first kappa shape index (κ1) is 17.4. The molecule has 0 atom stereocenters. The lowest BCUT2D eigenvalue weighted by molar-refractivity contribution is -0.0356. The molecule has 0 saturated heterocycles. The van der Waals surface area contributed by atoms with E-state index in [-0.39, 0.29) is 12.5 Å². The van der Waals surface area contributed by atoms with Crippen LogP contribution >= 0.6 is 11.3 Å². The highest BCUT2D eigenvalue weighted by Gasteiger charge is 2.38. The van der Waals surface area contributed by atoms with Gasteiger partial charge in [0.05, 0.1) is 4.88 Å². The second kappa shape index (κ2) is 6.72. The highest BCUT2D eigenvalue weighted by molar-refractivity contribution is 7.15. The number of amides is 1. The summed E-state index contributed by atoms with van der Waals surface area (Å²) in [5.41, 5.74) is 4.00. The number of fused-ring (bicyclic) bond motifs is 3. The summed E-state index contributed by atoms with van der Waals surface area (Å²) in [6.45, 7) is 0.266. The van der Waals surface area contributed by atoms with Gasteiger partial charge in [-0.25, -0.2) is 9.78 Å². The van der Waals surface area contributed by atoms with Crippen LogP contribution in [0.3, 0.4) is 0 Å².